The van der Waals surface area contributed by atoms with Crippen molar-refractivity contribution in [2.45, 2.75) is 6.92 Å². The fraction of sp³-hybridized carbons (Fsp3) is 0.0250. The van der Waals surface area contributed by atoms with E-state index in [-0.39, 0.29) is 0 Å². The summed E-state index contributed by atoms with van der Waals surface area (Å²) in [5, 5.41) is 10.5. The molecule has 0 unspecified atom stereocenters. The van der Waals surface area contributed by atoms with Gasteiger partial charge < -0.3 is 9.47 Å². The summed E-state index contributed by atoms with van der Waals surface area (Å²) < 4.78 is 2.43. The van der Waals surface area contributed by atoms with Crippen LogP contribution < -0.4 is 4.90 Å². The van der Waals surface area contributed by atoms with Crippen LogP contribution in [0.15, 0.2) is 146 Å². The van der Waals surface area contributed by atoms with Gasteiger partial charge in [0.25, 0.3) is 0 Å². The molecule has 1 aliphatic rings. The summed E-state index contributed by atoms with van der Waals surface area (Å²) in [6, 6.07) is 53.7. The van der Waals surface area contributed by atoms with Gasteiger partial charge in [-0.2, -0.15) is 5.26 Å². The quantitative estimate of drug-likeness (QED) is 0.220. The van der Waals surface area contributed by atoms with E-state index in [4.69, 9.17) is 0 Å². The van der Waals surface area contributed by atoms with Crippen molar-refractivity contribution in [3.63, 3.8) is 0 Å². The zero-order chi connectivity index (χ0) is 28.9. The van der Waals surface area contributed by atoms with Gasteiger partial charge in [0.1, 0.15) is 0 Å². The van der Waals surface area contributed by atoms with E-state index >= 15 is 0 Å². The van der Waals surface area contributed by atoms with Crippen molar-refractivity contribution in [3.05, 3.63) is 157 Å². The van der Waals surface area contributed by atoms with E-state index in [1.807, 2.05) is 24.3 Å². The Morgan fingerprint density at radius 2 is 1.23 bits per heavy atom. The SMILES string of the molecule is Cc1cccc(-n2c3c(c4ccccc42)-c2ccccc2N(c2cccc(-c4ccc(C#N)cc4)c2)c2ccccc2-3)c1. The average molecular weight is 550 g/mol. The van der Waals surface area contributed by atoms with Crippen molar-refractivity contribution in [3.8, 4) is 45.3 Å². The number of para-hydroxylation sites is 3. The van der Waals surface area contributed by atoms with Crippen LogP contribution in [0.25, 0.3) is 50.1 Å². The lowest BCUT2D eigenvalue weighted by Gasteiger charge is -2.28. The molecule has 0 spiro atoms. The molecule has 43 heavy (non-hydrogen) atoms. The molecular formula is C40H27N3. The highest BCUT2D eigenvalue weighted by Crippen LogP contribution is 2.54. The van der Waals surface area contributed by atoms with E-state index in [1.54, 1.807) is 0 Å². The fourth-order valence-electron chi connectivity index (χ4n) is 6.52. The van der Waals surface area contributed by atoms with Gasteiger partial charge >= 0.3 is 0 Å². The molecule has 8 rings (SSSR count). The van der Waals surface area contributed by atoms with Crippen molar-refractivity contribution in [1.82, 2.24) is 4.57 Å². The minimum Gasteiger partial charge on any atom is -0.309 e. The molecule has 3 heteroatoms. The molecule has 0 atom stereocenters. The Morgan fingerprint density at radius 3 is 2.02 bits per heavy atom. The number of rotatable bonds is 3. The number of aryl methyl sites for hydroxylation is 1. The van der Waals surface area contributed by atoms with Gasteiger partial charge in [-0.25, -0.2) is 0 Å². The third-order valence-corrected chi connectivity index (χ3v) is 8.40. The molecule has 0 saturated carbocycles. The summed E-state index contributed by atoms with van der Waals surface area (Å²) in [6.45, 7) is 2.15. The Bertz CT molecular complexity index is 2210. The van der Waals surface area contributed by atoms with Crippen LogP contribution >= 0.6 is 0 Å². The van der Waals surface area contributed by atoms with Crippen LogP contribution in [0.4, 0.5) is 17.1 Å². The standard InChI is InChI=1S/C40H27N3/c1-27-10-8-12-31(24-27)43-37-18-6-3-15-34(37)39-33-14-2-5-17-36(33)42(38-19-7-4-16-35(38)40(39)43)32-13-9-11-30(25-32)29-22-20-28(26-41)21-23-29/h2-25H,1H3. The Labute approximate surface area is 251 Å². The van der Waals surface area contributed by atoms with Crippen molar-refractivity contribution in [2.24, 2.45) is 0 Å². The zero-order valence-electron chi connectivity index (χ0n) is 23.7. The Kier molecular flexibility index (Phi) is 5.74. The number of fused-ring (bicyclic) bond motifs is 7. The molecule has 0 aliphatic carbocycles. The van der Waals surface area contributed by atoms with Gasteiger partial charge in [-0.1, -0.05) is 91.0 Å². The number of hydrogen-bond donors (Lipinski definition) is 0. The van der Waals surface area contributed by atoms with Gasteiger partial charge in [-0.15, -0.1) is 0 Å². The summed E-state index contributed by atoms with van der Waals surface area (Å²) in [4.78, 5) is 2.40. The van der Waals surface area contributed by atoms with E-state index in [1.165, 1.54) is 38.9 Å². The van der Waals surface area contributed by atoms with E-state index < -0.39 is 0 Å². The summed E-state index contributed by atoms with van der Waals surface area (Å²) in [5.41, 5.74) is 14.6. The monoisotopic (exact) mass is 549 g/mol. The van der Waals surface area contributed by atoms with Gasteiger partial charge in [0.05, 0.1) is 34.2 Å². The molecular weight excluding hydrogens is 522 g/mol. The largest absolute Gasteiger partial charge is 0.309 e. The second-order valence-electron chi connectivity index (χ2n) is 11.0. The molecule has 0 radical (unpaired) electrons. The van der Waals surface area contributed by atoms with Crippen molar-refractivity contribution >= 4 is 28.0 Å². The molecule has 7 aromatic rings. The van der Waals surface area contributed by atoms with Gasteiger partial charge in [-0.3, -0.25) is 0 Å². The molecule has 0 saturated heterocycles. The van der Waals surface area contributed by atoms with Crippen LogP contribution in [-0.2, 0) is 0 Å². The summed E-state index contributed by atoms with van der Waals surface area (Å²) in [7, 11) is 0. The summed E-state index contributed by atoms with van der Waals surface area (Å²) in [5.74, 6) is 0. The molecule has 202 valence electrons. The third kappa shape index (κ3) is 3.96. The normalized spacial score (nSPS) is 11.8. The van der Waals surface area contributed by atoms with Gasteiger partial charge in [0.15, 0.2) is 0 Å². The van der Waals surface area contributed by atoms with Crippen molar-refractivity contribution in [1.29, 1.82) is 5.26 Å². The van der Waals surface area contributed by atoms with Crippen LogP contribution in [0.1, 0.15) is 11.1 Å². The van der Waals surface area contributed by atoms with E-state index in [9.17, 15) is 5.26 Å². The predicted octanol–water partition coefficient (Wildman–Crippen LogP) is 10.6. The molecule has 0 fully saturated rings. The average Bonchev–Trinajstić information content (AvgIpc) is 3.34. The van der Waals surface area contributed by atoms with Crippen LogP contribution in [0.2, 0.25) is 0 Å². The van der Waals surface area contributed by atoms with E-state index in [2.05, 4.69) is 144 Å². The van der Waals surface area contributed by atoms with Crippen molar-refractivity contribution < 1.29 is 0 Å². The molecule has 0 amide bonds. The first-order valence-corrected chi connectivity index (χ1v) is 14.5. The highest BCUT2D eigenvalue weighted by molar-refractivity contribution is 6.13. The Balaban J connectivity index is 1.44. The first-order valence-electron chi connectivity index (χ1n) is 14.5. The molecule has 2 heterocycles. The van der Waals surface area contributed by atoms with E-state index in [0.717, 1.165) is 33.9 Å². The maximum absolute atomic E-state index is 9.30. The lowest BCUT2D eigenvalue weighted by Crippen LogP contribution is -2.11. The van der Waals surface area contributed by atoms with Crippen LogP contribution in [0.3, 0.4) is 0 Å². The number of hydrogen-bond acceptors (Lipinski definition) is 2. The molecule has 3 nitrogen and oxygen atoms in total. The fourth-order valence-corrected chi connectivity index (χ4v) is 6.52. The van der Waals surface area contributed by atoms with Crippen LogP contribution in [0, 0.1) is 18.3 Å². The van der Waals surface area contributed by atoms with Gasteiger partial charge in [0, 0.05) is 33.5 Å². The number of anilines is 3. The number of benzene rings is 6. The maximum Gasteiger partial charge on any atom is 0.0991 e. The second kappa shape index (κ2) is 9.91. The van der Waals surface area contributed by atoms with Gasteiger partial charge in [-0.05, 0) is 78.2 Å². The van der Waals surface area contributed by atoms with Crippen LogP contribution in [0.5, 0.6) is 0 Å². The van der Waals surface area contributed by atoms with E-state index in [0.29, 0.717) is 5.56 Å². The number of nitrogens with zero attached hydrogens (tertiary/aromatic N) is 3. The minimum absolute atomic E-state index is 0.661. The van der Waals surface area contributed by atoms with Gasteiger partial charge in [0.2, 0.25) is 0 Å². The molecule has 1 aliphatic heterocycles. The minimum atomic E-state index is 0.661. The Hall–Kier alpha value is -5.85. The molecule has 1 aromatic heterocycles. The van der Waals surface area contributed by atoms with Crippen molar-refractivity contribution in [2.75, 3.05) is 4.90 Å². The second-order valence-corrected chi connectivity index (χ2v) is 11.0. The summed E-state index contributed by atoms with van der Waals surface area (Å²) >= 11 is 0. The highest BCUT2D eigenvalue weighted by Gasteiger charge is 2.31. The highest BCUT2D eigenvalue weighted by atomic mass is 15.2. The zero-order valence-corrected chi connectivity index (χ0v) is 23.7. The van der Waals surface area contributed by atoms with Crippen LogP contribution in [-0.4, -0.2) is 4.57 Å². The first-order chi connectivity index (χ1) is 21.2. The first kappa shape index (κ1) is 24.9. The molecule has 0 bridgehead atoms. The lowest BCUT2D eigenvalue weighted by molar-refractivity contribution is 1.13. The third-order valence-electron chi connectivity index (χ3n) is 8.40. The topological polar surface area (TPSA) is 32.0 Å². The number of nitriles is 1. The molecule has 6 aromatic carbocycles. The maximum atomic E-state index is 9.30. The molecule has 0 N–H and O–H groups in total. The predicted molar refractivity (Wildman–Crippen MR) is 177 cm³/mol. The smallest absolute Gasteiger partial charge is 0.0991 e. The summed E-state index contributed by atoms with van der Waals surface area (Å²) in [6.07, 6.45) is 0. The Morgan fingerprint density at radius 1 is 0.558 bits per heavy atom. The number of aromatic nitrogens is 1. The lowest BCUT2D eigenvalue weighted by atomic mass is 9.98.